The molecule has 1 aliphatic rings. The number of aromatic amines is 1. The molecule has 124 valence electrons. The van der Waals surface area contributed by atoms with Gasteiger partial charge >= 0.3 is 0 Å². The summed E-state index contributed by atoms with van der Waals surface area (Å²) in [5.74, 6) is 1.82. The third kappa shape index (κ3) is 2.88. The van der Waals surface area contributed by atoms with Crippen LogP contribution in [0.3, 0.4) is 0 Å². The molecule has 0 radical (unpaired) electrons. The van der Waals surface area contributed by atoms with Crippen molar-refractivity contribution in [2.45, 2.75) is 25.3 Å². The summed E-state index contributed by atoms with van der Waals surface area (Å²) >= 11 is 0. The summed E-state index contributed by atoms with van der Waals surface area (Å²) in [4.78, 5) is 22.6. The van der Waals surface area contributed by atoms with Gasteiger partial charge in [-0.2, -0.15) is 9.97 Å². The lowest BCUT2D eigenvalue weighted by Gasteiger charge is -2.30. The second-order valence-electron chi connectivity index (χ2n) is 6.20. The van der Waals surface area contributed by atoms with Gasteiger partial charge in [-0.25, -0.2) is 4.98 Å². The molecule has 5 N–H and O–H groups in total. The predicted molar refractivity (Wildman–Crippen MR) is 92.0 cm³/mol. The van der Waals surface area contributed by atoms with Gasteiger partial charge in [0, 0.05) is 24.9 Å². The average Bonchev–Trinajstić information content (AvgIpc) is 3.01. The number of nitrogens with zero attached hydrogens (tertiary/aromatic N) is 5. The minimum Gasteiger partial charge on any atom is -0.382 e. The Kier molecular flexibility index (Phi) is 3.73. The van der Waals surface area contributed by atoms with E-state index in [0.717, 1.165) is 38.3 Å². The number of nitrogen functional groups attached to an aromatic ring is 2. The summed E-state index contributed by atoms with van der Waals surface area (Å²) in [6, 6.07) is 4.10. The number of aromatic nitrogens is 5. The third-order valence-corrected chi connectivity index (χ3v) is 4.52. The molecule has 0 bridgehead atoms. The first-order chi connectivity index (χ1) is 11.7. The number of piperidine rings is 1. The molecular formula is C16H20N8. The van der Waals surface area contributed by atoms with Gasteiger partial charge in [0.2, 0.25) is 5.95 Å². The van der Waals surface area contributed by atoms with Gasteiger partial charge in [-0.15, -0.1) is 0 Å². The van der Waals surface area contributed by atoms with Crippen LogP contribution in [0.1, 0.15) is 30.1 Å². The molecule has 3 aromatic rings. The molecular weight excluding hydrogens is 304 g/mol. The van der Waals surface area contributed by atoms with Crippen LogP contribution in [0.25, 0.3) is 11.2 Å². The monoisotopic (exact) mass is 324 g/mol. The molecule has 8 heteroatoms. The van der Waals surface area contributed by atoms with Gasteiger partial charge in [0.05, 0.1) is 0 Å². The Bertz CT molecular complexity index is 836. The van der Waals surface area contributed by atoms with Crippen LogP contribution in [0.4, 0.5) is 11.8 Å². The number of hydrogen-bond acceptors (Lipinski definition) is 7. The van der Waals surface area contributed by atoms with E-state index in [1.165, 1.54) is 5.56 Å². The Morgan fingerprint density at radius 1 is 1.17 bits per heavy atom. The summed E-state index contributed by atoms with van der Waals surface area (Å²) in [6.45, 7) is 3.00. The fourth-order valence-corrected chi connectivity index (χ4v) is 3.26. The average molecular weight is 324 g/mol. The summed E-state index contributed by atoms with van der Waals surface area (Å²) in [5.41, 5.74) is 14.0. The maximum atomic E-state index is 5.89. The van der Waals surface area contributed by atoms with E-state index >= 15 is 0 Å². The van der Waals surface area contributed by atoms with Gasteiger partial charge in [-0.1, -0.05) is 6.07 Å². The molecule has 0 amide bonds. The largest absolute Gasteiger partial charge is 0.382 e. The number of hydrogen-bond donors (Lipinski definition) is 3. The maximum absolute atomic E-state index is 5.89. The minimum atomic E-state index is 0.157. The van der Waals surface area contributed by atoms with E-state index in [-0.39, 0.29) is 5.95 Å². The second kappa shape index (κ2) is 6.04. The van der Waals surface area contributed by atoms with Crippen molar-refractivity contribution in [3.05, 3.63) is 35.9 Å². The van der Waals surface area contributed by atoms with Crippen molar-refractivity contribution in [2.75, 3.05) is 24.6 Å². The van der Waals surface area contributed by atoms with Gasteiger partial charge < -0.3 is 16.5 Å². The Labute approximate surface area is 139 Å². The fraction of sp³-hybridized carbons (Fsp3) is 0.375. The highest BCUT2D eigenvalue weighted by Gasteiger charge is 2.24. The zero-order chi connectivity index (χ0) is 16.5. The molecule has 0 saturated carbocycles. The molecule has 0 aromatic carbocycles. The number of H-pyrrole nitrogens is 1. The number of likely N-dealkylation sites (tertiary alicyclic amines) is 1. The summed E-state index contributed by atoms with van der Waals surface area (Å²) < 4.78 is 0. The van der Waals surface area contributed by atoms with E-state index < -0.39 is 0 Å². The molecule has 4 rings (SSSR count). The molecule has 0 unspecified atom stereocenters. The molecule has 24 heavy (non-hydrogen) atoms. The zero-order valence-electron chi connectivity index (χ0n) is 13.3. The molecule has 4 heterocycles. The first-order valence-corrected chi connectivity index (χ1v) is 8.09. The van der Waals surface area contributed by atoms with Crippen molar-refractivity contribution in [1.29, 1.82) is 0 Å². The van der Waals surface area contributed by atoms with Crippen molar-refractivity contribution >= 4 is 22.9 Å². The second-order valence-corrected chi connectivity index (χ2v) is 6.20. The normalized spacial score (nSPS) is 16.7. The Hall–Kier alpha value is -2.74. The standard InChI is InChI=1S/C16H20N8/c17-13-12-15(23-16(18)21-13)22-14(20-12)11-3-6-24(7-4-11)9-10-2-1-5-19-8-10/h1-2,5,8,11H,3-4,6-7,9H2,(H5,17,18,20,21,22,23). The highest BCUT2D eigenvalue weighted by atomic mass is 15.1. The summed E-state index contributed by atoms with van der Waals surface area (Å²) in [7, 11) is 0. The fourth-order valence-electron chi connectivity index (χ4n) is 3.26. The molecule has 3 aromatic heterocycles. The van der Waals surface area contributed by atoms with Crippen LogP contribution in [0, 0.1) is 0 Å². The van der Waals surface area contributed by atoms with E-state index in [2.05, 4.69) is 35.9 Å². The highest BCUT2D eigenvalue weighted by Crippen LogP contribution is 2.29. The zero-order valence-corrected chi connectivity index (χ0v) is 13.3. The van der Waals surface area contributed by atoms with E-state index in [4.69, 9.17) is 11.5 Å². The molecule has 1 fully saturated rings. The van der Waals surface area contributed by atoms with E-state index in [0.29, 0.717) is 22.9 Å². The lowest BCUT2D eigenvalue weighted by Crippen LogP contribution is -2.32. The first-order valence-electron chi connectivity index (χ1n) is 8.09. The van der Waals surface area contributed by atoms with Gasteiger partial charge in [0.15, 0.2) is 11.5 Å². The van der Waals surface area contributed by atoms with Gasteiger partial charge in [0.25, 0.3) is 0 Å². The van der Waals surface area contributed by atoms with Crippen molar-refractivity contribution in [2.24, 2.45) is 0 Å². The topological polar surface area (TPSA) is 123 Å². The SMILES string of the molecule is Nc1nc(N)c2[nH]c(C3CCN(Cc4cccnc4)CC3)nc2n1. The maximum Gasteiger partial charge on any atom is 0.224 e. The molecule has 0 atom stereocenters. The van der Waals surface area contributed by atoms with Crippen LogP contribution >= 0.6 is 0 Å². The van der Waals surface area contributed by atoms with Gasteiger partial charge in [0.1, 0.15) is 11.3 Å². The molecule has 1 saturated heterocycles. The quantitative estimate of drug-likeness (QED) is 0.663. The van der Waals surface area contributed by atoms with Crippen LogP contribution in [0.15, 0.2) is 24.5 Å². The number of anilines is 2. The number of nitrogens with one attached hydrogen (secondary N) is 1. The number of fused-ring (bicyclic) bond motifs is 1. The smallest absolute Gasteiger partial charge is 0.224 e. The number of pyridine rings is 1. The van der Waals surface area contributed by atoms with Gasteiger partial charge in [-0.3, -0.25) is 9.88 Å². The van der Waals surface area contributed by atoms with Gasteiger partial charge in [-0.05, 0) is 37.6 Å². The lowest BCUT2D eigenvalue weighted by molar-refractivity contribution is 0.202. The van der Waals surface area contributed by atoms with Crippen molar-refractivity contribution in [3.8, 4) is 0 Å². The minimum absolute atomic E-state index is 0.157. The lowest BCUT2D eigenvalue weighted by atomic mass is 9.96. The van der Waals surface area contributed by atoms with Crippen molar-refractivity contribution in [3.63, 3.8) is 0 Å². The Balaban J connectivity index is 1.45. The summed E-state index contributed by atoms with van der Waals surface area (Å²) in [5, 5.41) is 0. The van der Waals surface area contributed by atoms with Crippen LogP contribution in [-0.4, -0.2) is 42.9 Å². The van der Waals surface area contributed by atoms with E-state index in [1.807, 2.05) is 12.3 Å². The molecule has 0 spiro atoms. The molecule has 0 aliphatic carbocycles. The Morgan fingerprint density at radius 3 is 2.75 bits per heavy atom. The molecule has 8 nitrogen and oxygen atoms in total. The molecule has 1 aliphatic heterocycles. The highest BCUT2D eigenvalue weighted by molar-refractivity contribution is 5.82. The summed E-state index contributed by atoms with van der Waals surface area (Å²) in [6.07, 6.45) is 5.82. The Morgan fingerprint density at radius 2 is 2.00 bits per heavy atom. The number of rotatable bonds is 3. The van der Waals surface area contributed by atoms with Crippen LogP contribution in [-0.2, 0) is 6.54 Å². The van der Waals surface area contributed by atoms with Crippen molar-refractivity contribution < 1.29 is 0 Å². The first kappa shape index (κ1) is 14.8. The van der Waals surface area contributed by atoms with E-state index in [1.54, 1.807) is 6.20 Å². The van der Waals surface area contributed by atoms with Crippen LogP contribution < -0.4 is 11.5 Å². The van der Waals surface area contributed by atoms with E-state index in [9.17, 15) is 0 Å². The van der Waals surface area contributed by atoms with Crippen molar-refractivity contribution in [1.82, 2.24) is 29.8 Å². The third-order valence-electron chi connectivity index (χ3n) is 4.52. The van der Waals surface area contributed by atoms with Crippen LogP contribution in [0.5, 0.6) is 0 Å². The number of nitrogens with two attached hydrogens (primary N) is 2. The predicted octanol–water partition coefficient (Wildman–Crippen LogP) is 1.29. The van der Waals surface area contributed by atoms with Crippen LogP contribution in [0.2, 0.25) is 0 Å². The number of imidazole rings is 1.